The van der Waals surface area contributed by atoms with Crippen molar-refractivity contribution < 1.29 is 0 Å². The van der Waals surface area contributed by atoms with Crippen molar-refractivity contribution in [3.8, 4) is 0 Å². The van der Waals surface area contributed by atoms with E-state index < -0.39 is 0 Å². The maximum atomic E-state index is 5.61. The molecule has 2 heteroatoms. The molecular weight excluding hydrogens is 124 g/mol. The lowest BCUT2D eigenvalue weighted by molar-refractivity contribution is 0.240. The molecule has 1 rings (SSSR count). The molecule has 1 heterocycles. The number of piperidine rings is 1. The summed E-state index contributed by atoms with van der Waals surface area (Å²) < 4.78 is 0. The summed E-state index contributed by atoms with van der Waals surface area (Å²) in [7, 11) is 0. The molecule has 1 aliphatic heterocycles. The molecule has 0 radical (unpaired) electrons. The van der Waals surface area contributed by atoms with Crippen LogP contribution in [0.4, 0.5) is 0 Å². The second-order valence-electron chi connectivity index (χ2n) is 3.26. The zero-order chi connectivity index (χ0) is 6.74. The van der Waals surface area contributed by atoms with Crippen LogP contribution in [0, 0.1) is 5.41 Å². The Morgan fingerprint density at radius 1 is 1.40 bits per heavy atom. The zero-order valence-electron chi connectivity index (χ0n) is 6.11. The van der Waals surface area contributed by atoms with Crippen LogP contribution >= 0.6 is 0 Å². The van der Waals surface area contributed by atoms with E-state index in [9.17, 15) is 0 Å². The molecule has 0 aromatic carbocycles. The highest BCUT2D eigenvalue weighted by atomic mass is 14.9. The highest BCUT2D eigenvalue weighted by Gasteiger charge is 2.24. The van der Waals surface area contributed by atoms with Crippen LogP contribution in [0.3, 0.4) is 0 Å². The topological polar surface area (TPSA) is 38.0 Å². The van der Waals surface area contributed by atoms with Crippen molar-refractivity contribution >= 4 is 0 Å². The van der Waals surface area contributed by atoms with Crippen molar-refractivity contribution in [2.45, 2.75) is 27.2 Å². The van der Waals surface area contributed by atoms with Gasteiger partial charge in [0.1, 0.15) is 0 Å². The molecule has 0 bridgehead atoms. The summed E-state index contributed by atoms with van der Waals surface area (Å²) in [5, 5.41) is 3.32. The van der Waals surface area contributed by atoms with Crippen molar-refractivity contribution in [3.63, 3.8) is 0 Å². The van der Waals surface area contributed by atoms with E-state index >= 15 is 0 Å². The van der Waals surface area contributed by atoms with Gasteiger partial charge in [-0.2, -0.15) is 0 Å². The quantitative estimate of drug-likeness (QED) is 0.575. The molecule has 0 spiro atoms. The molecule has 1 aliphatic rings. The van der Waals surface area contributed by atoms with Gasteiger partial charge in [-0.25, -0.2) is 0 Å². The minimum atomic E-state index is 0. The molecule has 2 nitrogen and oxygen atoms in total. The van der Waals surface area contributed by atoms with Crippen LogP contribution in [0.1, 0.15) is 27.2 Å². The molecule has 1 saturated heterocycles. The maximum absolute atomic E-state index is 5.61. The van der Waals surface area contributed by atoms with Crippen molar-refractivity contribution in [2.24, 2.45) is 11.1 Å². The normalized spacial score (nSPS) is 23.4. The molecular formula is C8H20N2. The molecule has 0 saturated carbocycles. The second kappa shape index (κ2) is 3.94. The smallest absolute Gasteiger partial charge is 0.00222 e. The average Bonchev–Trinajstić information content (AvgIpc) is 1.90. The fraction of sp³-hybridized carbons (Fsp3) is 1.00. The van der Waals surface area contributed by atoms with Crippen molar-refractivity contribution in [1.29, 1.82) is 0 Å². The Labute approximate surface area is 64.2 Å². The first kappa shape index (κ1) is 9.92. The summed E-state index contributed by atoms with van der Waals surface area (Å²) in [6.07, 6.45) is 2.48. The number of hydrogen-bond donors (Lipinski definition) is 2. The first-order valence-electron chi connectivity index (χ1n) is 3.68. The average molecular weight is 144 g/mol. The van der Waals surface area contributed by atoms with Gasteiger partial charge >= 0.3 is 0 Å². The van der Waals surface area contributed by atoms with Crippen LogP contribution < -0.4 is 11.1 Å². The van der Waals surface area contributed by atoms with E-state index in [-0.39, 0.29) is 7.43 Å². The fourth-order valence-corrected chi connectivity index (χ4v) is 1.23. The third kappa shape index (κ3) is 2.27. The highest BCUT2D eigenvalue weighted by Crippen LogP contribution is 2.25. The van der Waals surface area contributed by atoms with Gasteiger partial charge < -0.3 is 11.1 Å². The summed E-state index contributed by atoms with van der Waals surface area (Å²) in [5.74, 6) is 0. The molecule has 0 amide bonds. The SMILES string of the molecule is C.CC1(CN)CCNCC1. The summed E-state index contributed by atoms with van der Waals surface area (Å²) in [5.41, 5.74) is 6.05. The first-order valence-corrected chi connectivity index (χ1v) is 3.68. The summed E-state index contributed by atoms with van der Waals surface area (Å²) in [6, 6.07) is 0. The van der Waals surface area contributed by atoms with Crippen LogP contribution in [0.5, 0.6) is 0 Å². The lowest BCUT2D eigenvalue weighted by Crippen LogP contribution is -2.39. The largest absolute Gasteiger partial charge is 0.330 e. The molecule has 3 N–H and O–H groups in total. The highest BCUT2D eigenvalue weighted by molar-refractivity contribution is 4.80. The third-order valence-corrected chi connectivity index (χ3v) is 2.30. The van der Waals surface area contributed by atoms with Gasteiger partial charge in [-0.15, -0.1) is 0 Å². The van der Waals surface area contributed by atoms with Crippen LogP contribution in [-0.2, 0) is 0 Å². The van der Waals surface area contributed by atoms with E-state index in [1.807, 2.05) is 0 Å². The third-order valence-electron chi connectivity index (χ3n) is 2.30. The molecule has 0 atom stereocenters. The Balaban J connectivity index is 0.000000810. The molecule has 0 aromatic rings. The van der Waals surface area contributed by atoms with Crippen molar-refractivity contribution in [1.82, 2.24) is 5.32 Å². The van der Waals surface area contributed by atoms with E-state index in [2.05, 4.69) is 12.2 Å². The molecule has 10 heavy (non-hydrogen) atoms. The zero-order valence-corrected chi connectivity index (χ0v) is 6.11. The van der Waals surface area contributed by atoms with Crippen molar-refractivity contribution in [3.05, 3.63) is 0 Å². The minimum Gasteiger partial charge on any atom is -0.330 e. The second-order valence-corrected chi connectivity index (χ2v) is 3.26. The lowest BCUT2D eigenvalue weighted by atomic mass is 9.81. The minimum absolute atomic E-state index is 0. The fourth-order valence-electron chi connectivity index (χ4n) is 1.23. The predicted molar refractivity (Wildman–Crippen MR) is 46.0 cm³/mol. The summed E-state index contributed by atoms with van der Waals surface area (Å²) in [6.45, 7) is 5.41. The Morgan fingerprint density at radius 3 is 2.20 bits per heavy atom. The van der Waals surface area contributed by atoms with Gasteiger partial charge in [-0.3, -0.25) is 0 Å². The van der Waals surface area contributed by atoms with Gasteiger partial charge in [0.05, 0.1) is 0 Å². The van der Waals surface area contributed by atoms with Gasteiger partial charge in [0.2, 0.25) is 0 Å². The van der Waals surface area contributed by atoms with E-state index in [0.717, 1.165) is 19.6 Å². The number of hydrogen-bond acceptors (Lipinski definition) is 2. The Bertz CT molecular complexity index is 85.3. The van der Waals surface area contributed by atoms with Crippen LogP contribution in [0.25, 0.3) is 0 Å². The predicted octanol–water partition coefficient (Wildman–Crippen LogP) is 0.971. The van der Waals surface area contributed by atoms with E-state index in [0.29, 0.717) is 5.41 Å². The molecule has 62 valence electrons. The number of nitrogens with one attached hydrogen (secondary N) is 1. The van der Waals surface area contributed by atoms with Crippen molar-refractivity contribution in [2.75, 3.05) is 19.6 Å². The van der Waals surface area contributed by atoms with Gasteiger partial charge in [0.25, 0.3) is 0 Å². The summed E-state index contributed by atoms with van der Waals surface area (Å²) in [4.78, 5) is 0. The van der Waals surface area contributed by atoms with Gasteiger partial charge in [-0.05, 0) is 37.9 Å². The van der Waals surface area contributed by atoms with E-state index in [1.54, 1.807) is 0 Å². The van der Waals surface area contributed by atoms with Crippen LogP contribution in [0.2, 0.25) is 0 Å². The summed E-state index contributed by atoms with van der Waals surface area (Å²) >= 11 is 0. The van der Waals surface area contributed by atoms with E-state index in [4.69, 9.17) is 5.73 Å². The monoisotopic (exact) mass is 144 g/mol. The molecule has 1 fully saturated rings. The lowest BCUT2D eigenvalue weighted by Gasteiger charge is -2.32. The van der Waals surface area contributed by atoms with E-state index in [1.165, 1.54) is 12.8 Å². The van der Waals surface area contributed by atoms with Gasteiger partial charge in [-0.1, -0.05) is 14.4 Å². The maximum Gasteiger partial charge on any atom is -0.00222 e. The Morgan fingerprint density at radius 2 is 1.90 bits per heavy atom. The van der Waals surface area contributed by atoms with Crippen LogP contribution in [-0.4, -0.2) is 19.6 Å². The molecule has 0 aliphatic carbocycles. The first-order chi connectivity index (χ1) is 4.27. The standard InChI is InChI=1S/C7H16N2.CH4/c1-7(6-8)2-4-9-5-3-7;/h9H,2-6,8H2,1H3;1H4. The van der Waals surface area contributed by atoms with Gasteiger partial charge in [0, 0.05) is 0 Å². The van der Waals surface area contributed by atoms with Gasteiger partial charge in [0.15, 0.2) is 0 Å². The Kier molecular flexibility index (Phi) is 3.91. The Hall–Kier alpha value is -0.0800. The number of nitrogens with two attached hydrogens (primary N) is 1. The van der Waals surface area contributed by atoms with Crippen LogP contribution in [0.15, 0.2) is 0 Å². The molecule has 0 unspecified atom stereocenters. The number of rotatable bonds is 1. The molecule has 0 aromatic heterocycles.